The summed E-state index contributed by atoms with van der Waals surface area (Å²) in [5, 5.41) is 18.1. The lowest BCUT2D eigenvalue weighted by Gasteiger charge is -2.23. The molecule has 4 rings (SSSR count). The van der Waals surface area contributed by atoms with E-state index in [1.807, 2.05) is 26.8 Å². The number of rotatable bonds is 2. The van der Waals surface area contributed by atoms with Crippen LogP contribution in [0.5, 0.6) is 0 Å². The molecule has 2 aromatic rings. The van der Waals surface area contributed by atoms with E-state index in [-0.39, 0.29) is 18.8 Å². The molecule has 2 aliphatic rings. The van der Waals surface area contributed by atoms with Crippen LogP contribution in [0.1, 0.15) is 31.2 Å². The molecule has 0 radical (unpaired) electrons. The topological polar surface area (TPSA) is 78.6 Å². The van der Waals surface area contributed by atoms with Gasteiger partial charge in [-0.1, -0.05) is 5.21 Å². The molecule has 1 aromatic carbocycles. The standard InChI is InChI=1S/C16H21N3O4/c1-8-5-10-11(6-9(8)2)19(18-17-10)15-14-13(12(7-20)21-15)22-16(3,4)23-14/h5-6,12-15,20H,7H2,1-4H3/t12-,13-,14-,15-/m1/s1. The minimum absolute atomic E-state index is 0.123. The number of hydrogen-bond acceptors (Lipinski definition) is 6. The molecule has 7 nitrogen and oxygen atoms in total. The van der Waals surface area contributed by atoms with Crippen molar-refractivity contribution in [2.45, 2.75) is 58.0 Å². The number of nitrogens with zero attached hydrogens (tertiary/aromatic N) is 3. The predicted molar refractivity (Wildman–Crippen MR) is 81.8 cm³/mol. The van der Waals surface area contributed by atoms with Crippen molar-refractivity contribution in [1.82, 2.24) is 15.0 Å². The minimum Gasteiger partial charge on any atom is -0.394 e. The molecule has 0 bridgehead atoms. The summed E-state index contributed by atoms with van der Waals surface area (Å²) in [6, 6.07) is 4.07. The van der Waals surface area contributed by atoms with Crippen LogP contribution in [0.25, 0.3) is 11.0 Å². The fraction of sp³-hybridized carbons (Fsp3) is 0.625. The maximum absolute atomic E-state index is 9.59. The van der Waals surface area contributed by atoms with Crippen LogP contribution in [0.15, 0.2) is 12.1 Å². The summed E-state index contributed by atoms with van der Waals surface area (Å²) in [5.74, 6) is -0.701. The number of aryl methyl sites for hydroxylation is 2. The lowest BCUT2D eigenvalue weighted by atomic mass is 10.1. The van der Waals surface area contributed by atoms with E-state index in [4.69, 9.17) is 14.2 Å². The third kappa shape index (κ3) is 2.27. The van der Waals surface area contributed by atoms with Gasteiger partial charge in [-0.25, -0.2) is 4.68 Å². The van der Waals surface area contributed by atoms with Crippen molar-refractivity contribution < 1.29 is 19.3 Å². The van der Waals surface area contributed by atoms with Crippen LogP contribution >= 0.6 is 0 Å². The molecule has 1 N–H and O–H groups in total. The van der Waals surface area contributed by atoms with Crippen LogP contribution in [0.4, 0.5) is 0 Å². The van der Waals surface area contributed by atoms with E-state index in [1.54, 1.807) is 4.68 Å². The normalized spacial score (nSPS) is 32.6. The molecule has 3 heterocycles. The van der Waals surface area contributed by atoms with E-state index >= 15 is 0 Å². The summed E-state index contributed by atoms with van der Waals surface area (Å²) < 4.78 is 19.6. The Morgan fingerprint density at radius 1 is 1.17 bits per heavy atom. The molecule has 0 spiro atoms. The molecule has 0 saturated carbocycles. The number of ether oxygens (including phenoxy) is 3. The summed E-state index contributed by atoms with van der Waals surface area (Å²) in [6.07, 6.45) is -1.54. The van der Waals surface area contributed by atoms with Gasteiger partial charge in [-0.15, -0.1) is 5.10 Å². The molecule has 0 amide bonds. The highest BCUT2D eigenvalue weighted by atomic mass is 16.8. The smallest absolute Gasteiger partial charge is 0.181 e. The van der Waals surface area contributed by atoms with Gasteiger partial charge < -0.3 is 19.3 Å². The third-order valence-corrected chi connectivity index (χ3v) is 4.63. The molecule has 2 aliphatic heterocycles. The SMILES string of the molecule is Cc1cc2nnn([C@@H]3O[C@H](CO)[C@H]4OC(C)(C)O[C@H]43)c2cc1C. The summed E-state index contributed by atoms with van der Waals surface area (Å²) in [6.45, 7) is 7.71. The Morgan fingerprint density at radius 2 is 1.87 bits per heavy atom. The molecular formula is C16H21N3O4. The number of aliphatic hydroxyl groups is 1. The molecular weight excluding hydrogens is 298 g/mol. The number of fused-ring (bicyclic) bond motifs is 2. The number of aliphatic hydroxyl groups excluding tert-OH is 1. The van der Waals surface area contributed by atoms with E-state index in [9.17, 15) is 5.11 Å². The van der Waals surface area contributed by atoms with E-state index in [0.717, 1.165) is 11.0 Å². The Hall–Kier alpha value is -1.54. The molecule has 1 aromatic heterocycles. The largest absolute Gasteiger partial charge is 0.394 e. The molecule has 2 fully saturated rings. The van der Waals surface area contributed by atoms with Crippen LogP contribution in [0.3, 0.4) is 0 Å². The first kappa shape index (κ1) is 15.0. The summed E-state index contributed by atoms with van der Waals surface area (Å²) in [7, 11) is 0. The first-order chi connectivity index (χ1) is 10.9. The van der Waals surface area contributed by atoms with Gasteiger partial charge in [0.05, 0.1) is 12.1 Å². The van der Waals surface area contributed by atoms with E-state index in [1.165, 1.54) is 11.1 Å². The molecule has 0 unspecified atom stereocenters. The average molecular weight is 319 g/mol. The van der Waals surface area contributed by atoms with Crippen molar-refractivity contribution in [2.24, 2.45) is 0 Å². The number of benzene rings is 1. The van der Waals surface area contributed by atoms with Gasteiger partial charge in [0.2, 0.25) is 0 Å². The Labute approximate surface area is 134 Å². The Bertz CT molecular complexity index is 757. The highest BCUT2D eigenvalue weighted by molar-refractivity contribution is 5.76. The maximum atomic E-state index is 9.59. The molecule has 0 aliphatic carbocycles. The van der Waals surface area contributed by atoms with Gasteiger partial charge in [0.25, 0.3) is 0 Å². The molecule has 4 atom stereocenters. The van der Waals surface area contributed by atoms with Crippen LogP contribution in [0, 0.1) is 13.8 Å². The van der Waals surface area contributed by atoms with Gasteiger partial charge in [-0.2, -0.15) is 0 Å². The van der Waals surface area contributed by atoms with Gasteiger partial charge in [0.1, 0.15) is 23.8 Å². The highest BCUT2D eigenvalue weighted by Crippen LogP contribution is 2.43. The lowest BCUT2D eigenvalue weighted by molar-refractivity contribution is -0.201. The van der Waals surface area contributed by atoms with Gasteiger partial charge in [-0.05, 0) is 51.0 Å². The molecule has 23 heavy (non-hydrogen) atoms. The van der Waals surface area contributed by atoms with Crippen molar-refractivity contribution in [1.29, 1.82) is 0 Å². The zero-order valence-corrected chi connectivity index (χ0v) is 13.7. The quantitative estimate of drug-likeness (QED) is 0.903. The number of aromatic nitrogens is 3. The predicted octanol–water partition coefficient (Wildman–Crippen LogP) is 1.46. The summed E-state index contributed by atoms with van der Waals surface area (Å²) in [5.41, 5.74) is 4.05. The van der Waals surface area contributed by atoms with Crippen molar-refractivity contribution in [2.75, 3.05) is 6.61 Å². The second-order valence-corrected chi connectivity index (χ2v) is 6.77. The summed E-state index contributed by atoms with van der Waals surface area (Å²) >= 11 is 0. The van der Waals surface area contributed by atoms with E-state index in [0.29, 0.717) is 0 Å². The first-order valence-corrected chi connectivity index (χ1v) is 7.84. The van der Waals surface area contributed by atoms with Crippen LogP contribution in [0.2, 0.25) is 0 Å². The zero-order valence-electron chi connectivity index (χ0n) is 13.7. The second-order valence-electron chi connectivity index (χ2n) is 6.77. The molecule has 2 saturated heterocycles. The first-order valence-electron chi connectivity index (χ1n) is 7.84. The van der Waals surface area contributed by atoms with E-state index < -0.39 is 18.1 Å². The number of hydrogen-bond donors (Lipinski definition) is 1. The zero-order chi connectivity index (χ0) is 16.4. The monoisotopic (exact) mass is 319 g/mol. The minimum atomic E-state index is -0.701. The fourth-order valence-electron chi connectivity index (χ4n) is 3.38. The Morgan fingerprint density at radius 3 is 2.61 bits per heavy atom. The van der Waals surface area contributed by atoms with E-state index in [2.05, 4.69) is 23.3 Å². The van der Waals surface area contributed by atoms with Crippen molar-refractivity contribution >= 4 is 11.0 Å². The molecule has 124 valence electrons. The maximum Gasteiger partial charge on any atom is 0.181 e. The third-order valence-electron chi connectivity index (χ3n) is 4.63. The average Bonchev–Trinajstić information content (AvgIpc) is 3.10. The van der Waals surface area contributed by atoms with Gasteiger partial charge in [0.15, 0.2) is 12.0 Å². The van der Waals surface area contributed by atoms with Crippen LogP contribution in [-0.4, -0.2) is 50.8 Å². The van der Waals surface area contributed by atoms with Crippen LogP contribution in [-0.2, 0) is 14.2 Å². The van der Waals surface area contributed by atoms with Crippen LogP contribution < -0.4 is 0 Å². The van der Waals surface area contributed by atoms with Gasteiger partial charge in [-0.3, -0.25) is 0 Å². The Kier molecular flexibility index (Phi) is 3.25. The second kappa shape index (κ2) is 4.98. The Balaban J connectivity index is 1.77. The van der Waals surface area contributed by atoms with Gasteiger partial charge in [0, 0.05) is 0 Å². The van der Waals surface area contributed by atoms with Gasteiger partial charge >= 0.3 is 0 Å². The highest BCUT2D eigenvalue weighted by Gasteiger charge is 2.56. The summed E-state index contributed by atoms with van der Waals surface area (Å²) in [4.78, 5) is 0. The van der Waals surface area contributed by atoms with Crippen molar-refractivity contribution in [3.05, 3.63) is 23.3 Å². The van der Waals surface area contributed by atoms with Crippen molar-refractivity contribution in [3.8, 4) is 0 Å². The molecule has 7 heteroatoms. The van der Waals surface area contributed by atoms with Crippen molar-refractivity contribution in [3.63, 3.8) is 0 Å². The fourth-order valence-corrected chi connectivity index (χ4v) is 3.38. The lowest BCUT2D eigenvalue weighted by Crippen LogP contribution is -2.31.